The first-order chi connectivity index (χ1) is 11.1. The van der Waals surface area contributed by atoms with Crippen LogP contribution in [0.4, 0.5) is 0 Å². The minimum atomic E-state index is -0.795. The van der Waals surface area contributed by atoms with Crippen molar-refractivity contribution in [2.24, 2.45) is 4.99 Å². The van der Waals surface area contributed by atoms with Crippen LogP contribution < -0.4 is 0 Å². The molecule has 1 aliphatic rings. The third-order valence-electron chi connectivity index (χ3n) is 4.06. The Morgan fingerprint density at radius 3 is 2.30 bits per heavy atom. The van der Waals surface area contributed by atoms with E-state index in [1.807, 2.05) is 62.4 Å². The van der Waals surface area contributed by atoms with Gasteiger partial charge in [0.25, 0.3) is 0 Å². The van der Waals surface area contributed by atoms with Gasteiger partial charge in [-0.3, -0.25) is 14.8 Å². The Balaban J connectivity index is 1.97. The van der Waals surface area contributed by atoms with Crippen molar-refractivity contribution in [1.82, 2.24) is 9.97 Å². The molecular formula is C19H15N3O. The Hall–Kier alpha value is -2.88. The molecule has 4 heteroatoms. The van der Waals surface area contributed by atoms with Crippen LogP contribution >= 0.6 is 0 Å². The second-order valence-corrected chi connectivity index (χ2v) is 6.14. The Labute approximate surface area is 133 Å². The Bertz CT molecular complexity index is 973. The Morgan fingerprint density at radius 2 is 1.52 bits per heavy atom. The molecule has 3 aromatic rings. The summed E-state index contributed by atoms with van der Waals surface area (Å²) in [6.07, 6.45) is 1.73. The largest absolute Gasteiger partial charge is 0.291 e. The van der Waals surface area contributed by atoms with Gasteiger partial charge in [-0.25, -0.2) is 4.98 Å². The molecule has 0 N–H and O–H groups in total. The highest BCUT2D eigenvalue weighted by atomic mass is 16.1. The van der Waals surface area contributed by atoms with Crippen LogP contribution in [0.3, 0.4) is 0 Å². The molecule has 0 bridgehead atoms. The molecule has 0 spiro atoms. The number of nitrogens with zero attached hydrogens (tertiary/aromatic N) is 3. The molecule has 0 saturated heterocycles. The smallest absolute Gasteiger partial charge is 0.190 e. The Kier molecular flexibility index (Phi) is 2.88. The molecule has 4 nitrogen and oxygen atoms in total. The molecule has 0 fully saturated rings. The number of aromatic nitrogens is 2. The number of carbonyl (C=O) groups excluding carboxylic acids is 1. The Morgan fingerprint density at radius 1 is 0.870 bits per heavy atom. The zero-order chi connectivity index (χ0) is 16.0. The maximum absolute atomic E-state index is 12.6. The summed E-state index contributed by atoms with van der Waals surface area (Å²) in [4.78, 5) is 26.4. The van der Waals surface area contributed by atoms with E-state index >= 15 is 0 Å². The summed E-state index contributed by atoms with van der Waals surface area (Å²) in [5.74, 6) is 0.0330. The van der Waals surface area contributed by atoms with E-state index in [-0.39, 0.29) is 5.78 Å². The van der Waals surface area contributed by atoms with E-state index in [1.54, 1.807) is 6.20 Å². The van der Waals surface area contributed by atoms with Crippen LogP contribution in [0.5, 0.6) is 0 Å². The number of rotatable bonds is 1. The van der Waals surface area contributed by atoms with E-state index in [1.165, 1.54) is 0 Å². The van der Waals surface area contributed by atoms with Crippen molar-refractivity contribution < 1.29 is 4.79 Å². The van der Waals surface area contributed by atoms with Gasteiger partial charge in [-0.15, -0.1) is 0 Å². The maximum Gasteiger partial charge on any atom is 0.190 e. The summed E-state index contributed by atoms with van der Waals surface area (Å²) in [5, 5.41) is 0. The fraction of sp³-hybridized carbons (Fsp3) is 0.158. The predicted octanol–water partition coefficient (Wildman–Crippen LogP) is 3.44. The highest BCUT2D eigenvalue weighted by Crippen LogP contribution is 2.29. The van der Waals surface area contributed by atoms with E-state index in [0.717, 1.165) is 22.3 Å². The van der Waals surface area contributed by atoms with Crippen molar-refractivity contribution in [3.8, 4) is 0 Å². The summed E-state index contributed by atoms with van der Waals surface area (Å²) < 4.78 is 0. The lowest BCUT2D eigenvalue weighted by atomic mass is 9.85. The second kappa shape index (κ2) is 4.81. The molecule has 0 aliphatic carbocycles. The number of benzene rings is 2. The summed E-state index contributed by atoms with van der Waals surface area (Å²) in [6, 6.07) is 15.3. The topological polar surface area (TPSA) is 55.2 Å². The van der Waals surface area contributed by atoms with Crippen molar-refractivity contribution in [3.05, 3.63) is 71.5 Å². The molecule has 0 saturated carbocycles. The summed E-state index contributed by atoms with van der Waals surface area (Å²) >= 11 is 0. The standard InChI is InChI=1S/C19H15N3O/c1-19(2)18(23)13-8-4-3-7-12(13)17(22-19)16-11-20-14-9-5-6-10-15(14)21-16/h3-11H,1-2H3. The van der Waals surface area contributed by atoms with Crippen molar-refractivity contribution in [3.63, 3.8) is 0 Å². The normalized spacial score (nSPS) is 16.1. The predicted molar refractivity (Wildman–Crippen MR) is 90.0 cm³/mol. The second-order valence-electron chi connectivity index (χ2n) is 6.14. The average Bonchev–Trinajstić information content (AvgIpc) is 2.58. The van der Waals surface area contributed by atoms with Crippen molar-refractivity contribution in [1.29, 1.82) is 0 Å². The van der Waals surface area contributed by atoms with Crippen LogP contribution in [0.1, 0.15) is 35.5 Å². The van der Waals surface area contributed by atoms with Gasteiger partial charge in [0.2, 0.25) is 0 Å². The molecule has 1 aliphatic heterocycles. The lowest BCUT2D eigenvalue weighted by Crippen LogP contribution is -2.36. The van der Waals surface area contributed by atoms with E-state index in [4.69, 9.17) is 0 Å². The van der Waals surface area contributed by atoms with Gasteiger partial charge < -0.3 is 0 Å². The summed E-state index contributed by atoms with van der Waals surface area (Å²) in [5.41, 5.74) is 3.80. The lowest BCUT2D eigenvalue weighted by Gasteiger charge is -2.27. The van der Waals surface area contributed by atoms with Crippen LogP contribution in [0.25, 0.3) is 11.0 Å². The molecule has 0 unspecified atom stereocenters. The molecule has 0 amide bonds. The van der Waals surface area contributed by atoms with E-state index < -0.39 is 5.54 Å². The van der Waals surface area contributed by atoms with Crippen molar-refractivity contribution in [2.75, 3.05) is 0 Å². The van der Waals surface area contributed by atoms with Gasteiger partial charge in [0.1, 0.15) is 11.2 Å². The molecule has 112 valence electrons. The van der Waals surface area contributed by atoms with Gasteiger partial charge >= 0.3 is 0 Å². The SMILES string of the molecule is CC1(C)N=C(c2cnc3ccccc3n2)c2ccccc2C1=O. The van der Waals surface area contributed by atoms with Crippen LogP contribution in [0.15, 0.2) is 59.7 Å². The highest BCUT2D eigenvalue weighted by molar-refractivity contribution is 6.23. The number of fused-ring (bicyclic) bond motifs is 2. The van der Waals surface area contributed by atoms with Gasteiger partial charge in [-0.1, -0.05) is 36.4 Å². The molecular weight excluding hydrogens is 286 g/mol. The van der Waals surface area contributed by atoms with E-state index in [9.17, 15) is 4.79 Å². The maximum atomic E-state index is 12.6. The zero-order valence-electron chi connectivity index (χ0n) is 12.9. The number of carbonyl (C=O) groups is 1. The number of aliphatic imine (C=N–C) groups is 1. The number of hydrogen-bond acceptors (Lipinski definition) is 4. The fourth-order valence-electron chi connectivity index (χ4n) is 2.87. The van der Waals surface area contributed by atoms with Crippen molar-refractivity contribution in [2.45, 2.75) is 19.4 Å². The van der Waals surface area contributed by atoms with Gasteiger partial charge in [-0.05, 0) is 26.0 Å². The van der Waals surface area contributed by atoms with Crippen molar-refractivity contribution >= 4 is 22.5 Å². The monoisotopic (exact) mass is 301 g/mol. The highest BCUT2D eigenvalue weighted by Gasteiger charge is 2.35. The van der Waals surface area contributed by atoms with E-state index in [0.29, 0.717) is 11.3 Å². The lowest BCUT2D eigenvalue weighted by molar-refractivity contribution is 0.0912. The number of hydrogen-bond donors (Lipinski definition) is 0. The van der Waals surface area contributed by atoms with Gasteiger partial charge in [0.05, 0.1) is 22.9 Å². The van der Waals surface area contributed by atoms with Gasteiger partial charge in [0.15, 0.2) is 5.78 Å². The first kappa shape index (κ1) is 13.8. The number of para-hydroxylation sites is 2. The van der Waals surface area contributed by atoms with Crippen LogP contribution in [0.2, 0.25) is 0 Å². The molecule has 0 radical (unpaired) electrons. The zero-order valence-corrected chi connectivity index (χ0v) is 12.9. The minimum Gasteiger partial charge on any atom is -0.291 e. The van der Waals surface area contributed by atoms with Crippen LogP contribution in [-0.2, 0) is 0 Å². The minimum absolute atomic E-state index is 0.0330. The molecule has 4 rings (SSSR count). The molecule has 2 aromatic carbocycles. The number of ketones is 1. The molecule has 2 heterocycles. The fourth-order valence-corrected chi connectivity index (χ4v) is 2.87. The summed E-state index contributed by atoms with van der Waals surface area (Å²) in [7, 11) is 0. The van der Waals surface area contributed by atoms with Crippen LogP contribution in [0, 0.1) is 0 Å². The van der Waals surface area contributed by atoms with Crippen LogP contribution in [-0.4, -0.2) is 27.0 Å². The average molecular weight is 301 g/mol. The number of Topliss-reactive ketones (excluding diaryl/α,β-unsaturated/α-hetero) is 1. The van der Waals surface area contributed by atoms with Gasteiger partial charge in [0, 0.05) is 11.1 Å². The van der Waals surface area contributed by atoms with Gasteiger partial charge in [-0.2, -0.15) is 0 Å². The molecule has 23 heavy (non-hydrogen) atoms. The first-order valence-electron chi connectivity index (χ1n) is 7.52. The van der Waals surface area contributed by atoms with E-state index in [2.05, 4.69) is 15.0 Å². The third-order valence-corrected chi connectivity index (χ3v) is 4.06. The first-order valence-corrected chi connectivity index (χ1v) is 7.52. The molecule has 0 atom stereocenters. The quantitative estimate of drug-likeness (QED) is 0.692. The molecule has 1 aromatic heterocycles. The third kappa shape index (κ3) is 2.14. The summed E-state index contributed by atoms with van der Waals surface area (Å²) in [6.45, 7) is 3.67.